The zero-order valence-corrected chi connectivity index (χ0v) is 28.9. The van der Waals surface area contributed by atoms with Crippen LogP contribution >= 0.6 is 0 Å². The van der Waals surface area contributed by atoms with Crippen molar-refractivity contribution >= 4 is 32.7 Å². The van der Waals surface area contributed by atoms with Crippen LogP contribution in [0.3, 0.4) is 0 Å². The summed E-state index contributed by atoms with van der Waals surface area (Å²) in [6, 6.07) is 69.7. The molecule has 53 heavy (non-hydrogen) atoms. The molecular formula is C51H32N2. The van der Waals surface area contributed by atoms with Crippen LogP contribution in [0, 0.1) is 0 Å². The summed E-state index contributed by atoms with van der Waals surface area (Å²) in [7, 11) is 0. The lowest BCUT2D eigenvalue weighted by Crippen LogP contribution is -2.25. The Morgan fingerprint density at radius 3 is 1.62 bits per heavy atom. The Labute approximate surface area is 307 Å². The summed E-state index contributed by atoms with van der Waals surface area (Å²) < 4.78 is 4.71. The molecule has 8 aromatic carbocycles. The highest BCUT2D eigenvalue weighted by atomic mass is 15.0. The van der Waals surface area contributed by atoms with E-state index in [-0.39, 0.29) is 5.41 Å². The Morgan fingerprint density at radius 1 is 0.340 bits per heavy atom. The molecule has 10 aromatic rings. The molecular weight excluding hydrogens is 641 g/mol. The molecule has 0 unspecified atom stereocenters. The molecule has 0 fully saturated rings. The van der Waals surface area contributed by atoms with Gasteiger partial charge in [-0.1, -0.05) is 133 Å². The van der Waals surface area contributed by atoms with Gasteiger partial charge in [0, 0.05) is 33.7 Å². The van der Waals surface area contributed by atoms with Crippen molar-refractivity contribution < 1.29 is 0 Å². The third-order valence-corrected chi connectivity index (χ3v) is 12.0. The van der Waals surface area contributed by atoms with E-state index in [1.165, 1.54) is 94.0 Å². The summed E-state index contributed by atoms with van der Waals surface area (Å²) in [5.41, 5.74) is 18.9. The van der Waals surface area contributed by atoms with Crippen LogP contribution < -0.4 is 0 Å². The maximum atomic E-state index is 2.47. The molecule has 246 valence electrons. The number of para-hydroxylation sites is 2. The molecule has 0 bridgehead atoms. The number of hydrogen-bond donors (Lipinski definition) is 0. The second-order valence-corrected chi connectivity index (χ2v) is 14.5. The van der Waals surface area contributed by atoms with Crippen LogP contribution in [-0.4, -0.2) is 9.13 Å². The quantitative estimate of drug-likeness (QED) is 0.177. The first-order valence-electron chi connectivity index (χ1n) is 18.4. The van der Waals surface area contributed by atoms with Crippen molar-refractivity contribution in [3.8, 4) is 44.8 Å². The first kappa shape index (κ1) is 28.8. The average molecular weight is 673 g/mol. The number of hydrogen-bond acceptors (Lipinski definition) is 0. The van der Waals surface area contributed by atoms with Gasteiger partial charge >= 0.3 is 0 Å². The fourth-order valence-electron chi connectivity index (χ4n) is 9.77. The molecule has 0 amide bonds. The minimum atomic E-state index is -0.344. The Morgan fingerprint density at radius 2 is 0.925 bits per heavy atom. The van der Waals surface area contributed by atoms with Crippen molar-refractivity contribution in [1.29, 1.82) is 0 Å². The predicted octanol–water partition coefficient (Wildman–Crippen LogP) is 12.7. The lowest BCUT2D eigenvalue weighted by atomic mass is 9.70. The van der Waals surface area contributed by atoms with Gasteiger partial charge in [0.25, 0.3) is 0 Å². The fraction of sp³-hybridized carbons (Fsp3) is 0.0196. The van der Waals surface area contributed by atoms with Gasteiger partial charge in [-0.25, -0.2) is 0 Å². The van der Waals surface area contributed by atoms with Crippen molar-refractivity contribution in [2.24, 2.45) is 0 Å². The molecule has 0 aliphatic heterocycles. The summed E-state index contributed by atoms with van der Waals surface area (Å²) in [4.78, 5) is 0. The van der Waals surface area contributed by atoms with Crippen LogP contribution in [0.25, 0.3) is 77.5 Å². The SMILES string of the molecule is c1ccc(-n2ccc3cc4c(cc32)c2ccccc2n4-c2ccc(-c3ccc4c(c3)C3(c5ccccc5-c5ccccc53)c3ccccc3-4)cc2)cc1. The standard InChI is InChI=1S/C51H32N2/c1-2-12-36(13-3-1)52-29-28-35-31-50-43(32-49(35)52)42-17-7-11-21-48(42)53(50)37-25-22-33(23-26-37)34-24-27-41-40-16-6-10-20-46(40)51(47(41)30-34)44-18-8-4-14-38(44)39-15-5-9-19-45(39)51/h1-32H. The summed E-state index contributed by atoms with van der Waals surface area (Å²) in [5, 5.41) is 3.74. The lowest BCUT2D eigenvalue weighted by molar-refractivity contribution is 0.794. The first-order chi connectivity index (χ1) is 26.3. The average Bonchev–Trinajstić information content (AvgIpc) is 3.96. The molecule has 2 heterocycles. The second kappa shape index (κ2) is 10.6. The summed E-state index contributed by atoms with van der Waals surface area (Å²) in [6.07, 6.45) is 2.18. The van der Waals surface area contributed by atoms with Gasteiger partial charge in [-0.15, -0.1) is 0 Å². The smallest absolute Gasteiger partial charge is 0.0725 e. The third kappa shape index (κ3) is 3.77. The molecule has 0 radical (unpaired) electrons. The van der Waals surface area contributed by atoms with Crippen LogP contribution in [0.15, 0.2) is 194 Å². The van der Waals surface area contributed by atoms with Crippen LogP contribution in [0.1, 0.15) is 22.3 Å². The number of nitrogens with zero attached hydrogens (tertiary/aromatic N) is 2. The Hall–Kier alpha value is -6.90. The summed E-state index contributed by atoms with van der Waals surface area (Å²) >= 11 is 0. The number of rotatable bonds is 3. The van der Waals surface area contributed by atoms with Gasteiger partial charge in [-0.2, -0.15) is 0 Å². The van der Waals surface area contributed by atoms with E-state index >= 15 is 0 Å². The molecule has 0 saturated heterocycles. The maximum absolute atomic E-state index is 2.47. The highest BCUT2D eigenvalue weighted by Crippen LogP contribution is 2.63. The van der Waals surface area contributed by atoms with Gasteiger partial charge < -0.3 is 9.13 Å². The highest BCUT2D eigenvalue weighted by molar-refractivity contribution is 6.13. The monoisotopic (exact) mass is 672 g/mol. The van der Waals surface area contributed by atoms with Crippen LogP contribution in [0.2, 0.25) is 0 Å². The van der Waals surface area contributed by atoms with Crippen LogP contribution in [-0.2, 0) is 5.41 Å². The molecule has 2 nitrogen and oxygen atoms in total. The van der Waals surface area contributed by atoms with E-state index in [0.29, 0.717) is 0 Å². The number of aromatic nitrogens is 2. The predicted molar refractivity (Wildman–Crippen MR) is 219 cm³/mol. The number of benzene rings is 8. The van der Waals surface area contributed by atoms with E-state index in [2.05, 4.69) is 203 Å². The Bertz CT molecular complexity index is 3040. The molecule has 0 saturated carbocycles. The minimum absolute atomic E-state index is 0.344. The largest absolute Gasteiger partial charge is 0.317 e. The van der Waals surface area contributed by atoms with Crippen molar-refractivity contribution in [3.63, 3.8) is 0 Å². The van der Waals surface area contributed by atoms with Crippen molar-refractivity contribution in [3.05, 3.63) is 217 Å². The number of fused-ring (bicyclic) bond motifs is 14. The van der Waals surface area contributed by atoms with Gasteiger partial charge in [0.1, 0.15) is 0 Å². The van der Waals surface area contributed by atoms with E-state index in [1.54, 1.807) is 0 Å². The van der Waals surface area contributed by atoms with Crippen molar-refractivity contribution in [2.45, 2.75) is 5.41 Å². The molecule has 0 atom stereocenters. The fourth-order valence-corrected chi connectivity index (χ4v) is 9.77. The molecule has 2 aliphatic rings. The van der Waals surface area contributed by atoms with Gasteiger partial charge in [0.05, 0.1) is 22.0 Å². The molecule has 2 heteroatoms. The van der Waals surface area contributed by atoms with E-state index in [4.69, 9.17) is 0 Å². The molecule has 2 aliphatic carbocycles. The van der Waals surface area contributed by atoms with Gasteiger partial charge in [-0.3, -0.25) is 0 Å². The summed E-state index contributed by atoms with van der Waals surface area (Å²) in [5.74, 6) is 0. The first-order valence-corrected chi connectivity index (χ1v) is 18.4. The van der Waals surface area contributed by atoms with Crippen molar-refractivity contribution in [2.75, 3.05) is 0 Å². The van der Waals surface area contributed by atoms with Crippen LogP contribution in [0.4, 0.5) is 0 Å². The van der Waals surface area contributed by atoms with Gasteiger partial charge in [0.15, 0.2) is 0 Å². The zero-order valence-electron chi connectivity index (χ0n) is 28.9. The molecule has 12 rings (SSSR count). The van der Waals surface area contributed by atoms with Crippen LogP contribution in [0.5, 0.6) is 0 Å². The van der Waals surface area contributed by atoms with E-state index in [9.17, 15) is 0 Å². The van der Waals surface area contributed by atoms with Gasteiger partial charge in [0.2, 0.25) is 0 Å². The normalized spacial score (nSPS) is 13.4. The Balaban J connectivity index is 1.01. The highest BCUT2D eigenvalue weighted by Gasteiger charge is 2.51. The second-order valence-electron chi connectivity index (χ2n) is 14.5. The van der Waals surface area contributed by atoms with Crippen molar-refractivity contribution in [1.82, 2.24) is 9.13 Å². The Kier molecular flexibility index (Phi) is 5.73. The zero-order chi connectivity index (χ0) is 34.7. The molecule has 0 N–H and O–H groups in total. The summed E-state index contributed by atoms with van der Waals surface area (Å²) in [6.45, 7) is 0. The van der Waals surface area contributed by atoms with E-state index in [0.717, 1.165) is 5.69 Å². The lowest BCUT2D eigenvalue weighted by Gasteiger charge is -2.30. The molecule has 2 aromatic heterocycles. The minimum Gasteiger partial charge on any atom is -0.317 e. The van der Waals surface area contributed by atoms with E-state index in [1.807, 2.05) is 0 Å². The van der Waals surface area contributed by atoms with Gasteiger partial charge in [-0.05, 0) is 110 Å². The topological polar surface area (TPSA) is 9.86 Å². The maximum Gasteiger partial charge on any atom is 0.0725 e. The van der Waals surface area contributed by atoms with E-state index < -0.39 is 0 Å². The third-order valence-electron chi connectivity index (χ3n) is 12.0. The molecule has 1 spiro atoms.